The van der Waals surface area contributed by atoms with Crippen LogP contribution in [-0.2, 0) is 25.2 Å². The van der Waals surface area contributed by atoms with Crippen molar-refractivity contribution in [2.24, 2.45) is 5.41 Å². The number of fused-ring (bicyclic) bond motifs is 1. The van der Waals surface area contributed by atoms with E-state index in [9.17, 15) is 4.79 Å². The van der Waals surface area contributed by atoms with Gasteiger partial charge in [0, 0.05) is 0 Å². The molecule has 0 amide bonds. The van der Waals surface area contributed by atoms with E-state index in [1.807, 2.05) is 37.3 Å². The molecule has 0 bridgehead atoms. The van der Waals surface area contributed by atoms with Crippen LogP contribution in [0.15, 0.2) is 60.9 Å². The van der Waals surface area contributed by atoms with Gasteiger partial charge in [0.25, 0.3) is 0 Å². The maximum Gasteiger partial charge on any atom is 0.338 e. The zero-order chi connectivity index (χ0) is 33.3. The maximum absolute atomic E-state index is 13.2. The highest BCUT2D eigenvalue weighted by Crippen LogP contribution is 2.51. The lowest BCUT2D eigenvalue weighted by atomic mass is 9.83. The fourth-order valence-electron chi connectivity index (χ4n) is 5.25. The standard InChI is InChI=1S/C33H40Cl2N4O6Si/c1-32(2,3)46(6,7)45-26-24(18-42-17-21-13-15-23(41-5)16-14-21)44-30(39-20-36-25-27(34)37-31(35)38-28(25)39)33(26,4)19-43-29(40)22-11-9-8-10-12-22/h8-16,20,24,26,30H,17-19H2,1-7H3/t24-,26+,30-,33+/m1/s1. The van der Waals surface area contributed by atoms with E-state index in [1.165, 1.54) is 0 Å². The number of aromatic nitrogens is 4. The molecule has 2 aromatic carbocycles. The predicted octanol–water partition coefficient (Wildman–Crippen LogP) is 7.51. The molecule has 4 atom stereocenters. The van der Waals surface area contributed by atoms with Crippen molar-refractivity contribution < 1.29 is 28.2 Å². The summed E-state index contributed by atoms with van der Waals surface area (Å²) in [5.74, 6) is 0.320. The topological polar surface area (TPSA) is 107 Å². The van der Waals surface area contributed by atoms with Crippen molar-refractivity contribution in [2.75, 3.05) is 20.3 Å². The summed E-state index contributed by atoms with van der Waals surface area (Å²) in [5, 5.41) is -0.0164. The third kappa shape index (κ3) is 7.09. The lowest BCUT2D eigenvalue weighted by Gasteiger charge is -2.43. The van der Waals surface area contributed by atoms with Crippen LogP contribution in [-0.4, -0.2) is 66.3 Å². The van der Waals surface area contributed by atoms with Gasteiger partial charge in [0.15, 0.2) is 19.1 Å². The zero-order valence-corrected chi connectivity index (χ0v) is 29.6. The zero-order valence-electron chi connectivity index (χ0n) is 27.1. The fraction of sp³-hybridized carbons (Fsp3) is 0.455. The largest absolute Gasteiger partial charge is 0.497 e. The molecule has 1 fully saturated rings. The van der Waals surface area contributed by atoms with E-state index in [-0.39, 0.29) is 28.7 Å². The quantitative estimate of drug-likeness (QED) is 0.0686. The first-order valence-electron chi connectivity index (χ1n) is 15.1. The number of hydrogen-bond donors (Lipinski definition) is 0. The van der Waals surface area contributed by atoms with Crippen LogP contribution in [0.2, 0.25) is 28.6 Å². The van der Waals surface area contributed by atoms with Crippen LogP contribution < -0.4 is 4.74 Å². The van der Waals surface area contributed by atoms with Gasteiger partial charge in [-0.25, -0.2) is 14.8 Å². The molecule has 0 N–H and O–H groups in total. The lowest BCUT2D eigenvalue weighted by Crippen LogP contribution is -2.52. The summed E-state index contributed by atoms with van der Waals surface area (Å²) in [6, 6.07) is 16.6. The first kappa shape index (κ1) is 34.3. The molecule has 0 unspecified atom stereocenters. The molecule has 0 spiro atoms. The minimum absolute atomic E-state index is 0.0219. The van der Waals surface area contributed by atoms with E-state index in [0.29, 0.717) is 23.3 Å². The molecule has 2 aromatic heterocycles. The number of nitrogens with zero attached hydrogens (tertiary/aromatic N) is 4. The molecule has 0 radical (unpaired) electrons. The number of methoxy groups -OCH3 is 1. The molecule has 0 aliphatic carbocycles. The number of rotatable bonds is 11. The second-order valence-corrected chi connectivity index (χ2v) is 18.7. The molecule has 10 nitrogen and oxygen atoms in total. The van der Waals surface area contributed by atoms with E-state index >= 15 is 0 Å². The Morgan fingerprint density at radius 3 is 2.41 bits per heavy atom. The molecule has 4 aromatic rings. The molecule has 13 heteroatoms. The normalized spacial score (nSPS) is 21.9. The van der Waals surface area contributed by atoms with Gasteiger partial charge in [-0.05, 0) is 66.5 Å². The molecule has 46 heavy (non-hydrogen) atoms. The van der Waals surface area contributed by atoms with E-state index in [0.717, 1.165) is 11.3 Å². The summed E-state index contributed by atoms with van der Waals surface area (Å²) < 4.78 is 33.3. The molecule has 1 aliphatic heterocycles. The average Bonchev–Trinajstić information content (AvgIpc) is 3.54. The number of esters is 1. The van der Waals surface area contributed by atoms with E-state index < -0.39 is 38.1 Å². The molecule has 1 saturated heterocycles. The Bertz CT molecular complexity index is 1660. The number of carbonyl (C=O) groups excluding carboxylic acids is 1. The Hall–Kier alpha value is -3.06. The minimum atomic E-state index is -2.40. The predicted molar refractivity (Wildman–Crippen MR) is 179 cm³/mol. The molecule has 3 heterocycles. The van der Waals surface area contributed by atoms with Gasteiger partial charge in [0.2, 0.25) is 5.28 Å². The second kappa shape index (κ2) is 13.6. The molecular formula is C33H40Cl2N4O6Si. The Balaban J connectivity index is 1.53. The Morgan fingerprint density at radius 2 is 1.76 bits per heavy atom. The Morgan fingerprint density at radius 1 is 1.07 bits per heavy atom. The van der Waals surface area contributed by atoms with Gasteiger partial charge in [0.1, 0.15) is 30.2 Å². The molecule has 5 rings (SSSR count). The van der Waals surface area contributed by atoms with Crippen molar-refractivity contribution >= 4 is 48.7 Å². The van der Waals surface area contributed by atoms with Crippen LogP contribution in [0, 0.1) is 5.41 Å². The third-order valence-corrected chi connectivity index (χ3v) is 13.8. The maximum atomic E-state index is 13.2. The van der Waals surface area contributed by atoms with Crippen LogP contribution in [0.1, 0.15) is 49.8 Å². The average molecular weight is 688 g/mol. The highest BCUT2D eigenvalue weighted by molar-refractivity contribution is 6.74. The number of imidazole rings is 1. The third-order valence-electron chi connectivity index (χ3n) is 8.92. The second-order valence-electron chi connectivity index (χ2n) is 13.2. The van der Waals surface area contributed by atoms with E-state index in [2.05, 4.69) is 48.8 Å². The molecule has 1 aliphatic rings. The highest BCUT2D eigenvalue weighted by atomic mass is 35.5. The summed E-state index contributed by atoms with van der Waals surface area (Å²) in [5.41, 5.74) is 1.27. The minimum Gasteiger partial charge on any atom is -0.497 e. The Labute approximate surface area is 280 Å². The summed E-state index contributed by atoms with van der Waals surface area (Å²) >= 11 is 12.6. The van der Waals surface area contributed by atoms with Crippen molar-refractivity contribution in [1.82, 2.24) is 19.5 Å². The van der Waals surface area contributed by atoms with Crippen LogP contribution in [0.25, 0.3) is 11.2 Å². The highest BCUT2D eigenvalue weighted by Gasteiger charge is 2.59. The van der Waals surface area contributed by atoms with E-state index in [4.69, 9.17) is 46.6 Å². The molecule has 0 saturated carbocycles. The first-order chi connectivity index (χ1) is 21.7. The van der Waals surface area contributed by atoms with Gasteiger partial charge >= 0.3 is 5.97 Å². The van der Waals surface area contributed by atoms with Crippen molar-refractivity contribution in [1.29, 1.82) is 0 Å². The number of halogens is 2. The van der Waals surface area contributed by atoms with Crippen molar-refractivity contribution in [3.05, 3.63) is 82.5 Å². The summed E-state index contributed by atoms with van der Waals surface area (Å²) in [7, 11) is -0.771. The van der Waals surface area contributed by atoms with E-state index in [1.54, 1.807) is 42.3 Å². The van der Waals surface area contributed by atoms with Crippen molar-refractivity contribution in [2.45, 2.75) is 70.9 Å². The van der Waals surface area contributed by atoms with Gasteiger partial charge in [-0.15, -0.1) is 0 Å². The number of carbonyl (C=O) groups is 1. The van der Waals surface area contributed by atoms with Crippen LogP contribution in [0.4, 0.5) is 0 Å². The SMILES string of the molecule is COc1ccc(COC[C@H]2O[C@@H](n3cnc4c(Cl)nc(Cl)nc43)[C@@](C)(COC(=O)c3ccccc3)[C@H]2O[Si](C)(C)C(C)(C)C)cc1. The van der Waals surface area contributed by atoms with Gasteiger partial charge in [-0.1, -0.05) is 62.7 Å². The van der Waals surface area contributed by atoms with Gasteiger partial charge in [-0.2, -0.15) is 4.98 Å². The molecule has 246 valence electrons. The van der Waals surface area contributed by atoms with Crippen LogP contribution in [0.3, 0.4) is 0 Å². The molecular weight excluding hydrogens is 647 g/mol. The van der Waals surface area contributed by atoms with Crippen LogP contribution in [0.5, 0.6) is 5.75 Å². The van der Waals surface area contributed by atoms with Crippen molar-refractivity contribution in [3.63, 3.8) is 0 Å². The summed E-state index contributed by atoms with van der Waals surface area (Å²) in [6.07, 6.45) is -0.230. The summed E-state index contributed by atoms with van der Waals surface area (Å²) in [6.45, 7) is 13.5. The van der Waals surface area contributed by atoms with Gasteiger partial charge in [-0.3, -0.25) is 4.57 Å². The van der Waals surface area contributed by atoms with Crippen molar-refractivity contribution in [3.8, 4) is 5.75 Å². The van der Waals surface area contributed by atoms with Gasteiger partial charge < -0.3 is 23.4 Å². The fourth-order valence-corrected chi connectivity index (χ4v) is 7.08. The first-order valence-corrected chi connectivity index (χ1v) is 18.7. The lowest BCUT2D eigenvalue weighted by molar-refractivity contribution is -0.0733. The number of hydrogen-bond acceptors (Lipinski definition) is 9. The smallest absolute Gasteiger partial charge is 0.338 e. The number of ether oxygens (including phenoxy) is 4. The number of benzene rings is 2. The van der Waals surface area contributed by atoms with Gasteiger partial charge in [0.05, 0.1) is 43.7 Å². The van der Waals surface area contributed by atoms with Crippen LogP contribution >= 0.6 is 23.2 Å². The summed E-state index contributed by atoms with van der Waals surface area (Å²) in [4.78, 5) is 26.2. The monoisotopic (exact) mass is 686 g/mol. The Kier molecular flexibility index (Phi) is 10.1.